The van der Waals surface area contributed by atoms with Crippen molar-refractivity contribution >= 4 is 6.03 Å². The lowest BCUT2D eigenvalue weighted by Crippen LogP contribution is -2.46. The van der Waals surface area contributed by atoms with Gasteiger partial charge in [0.25, 0.3) is 0 Å². The van der Waals surface area contributed by atoms with E-state index in [1.165, 1.54) is 18.6 Å². The highest BCUT2D eigenvalue weighted by atomic mass is 19.1. The Morgan fingerprint density at radius 1 is 1.38 bits per heavy atom. The second-order valence-corrected chi connectivity index (χ2v) is 5.81. The number of carbonyl (C=O) groups excluding carboxylic acids is 1. The first-order valence-corrected chi connectivity index (χ1v) is 7.50. The zero-order chi connectivity index (χ0) is 15.3. The molecule has 0 saturated heterocycles. The van der Waals surface area contributed by atoms with Crippen molar-refractivity contribution in [3.05, 3.63) is 35.6 Å². The summed E-state index contributed by atoms with van der Waals surface area (Å²) in [4.78, 5) is 11.7. The minimum Gasteiger partial charge on any atom is -0.386 e. The van der Waals surface area contributed by atoms with Crippen molar-refractivity contribution < 1.29 is 14.3 Å². The number of aliphatic hydroxyl groups excluding tert-OH is 1. The molecular formula is C16H23FN2O2. The topological polar surface area (TPSA) is 61.4 Å². The van der Waals surface area contributed by atoms with Crippen LogP contribution in [0.25, 0.3) is 0 Å². The number of rotatable bonds is 6. The summed E-state index contributed by atoms with van der Waals surface area (Å²) in [5, 5.41) is 15.3. The van der Waals surface area contributed by atoms with E-state index in [0.717, 1.165) is 19.3 Å². The van der Waals surface area contributed by atoms with Gasteiger partial charge in [0.05, 0.1) is 6.10 Å². The number of nitrogens with one attached hydrogen (secondary N) is 2. The SMILES string of the molecule is CCC1(CNC(=O)NCC(O)c2ccccc2F)CCC1. The summed E-state index contributed by atoms with van der Waals surface area (Å²) in [5.41, 5.74) is 0.448. The Labute approximate surface area is 124 Å². The summed E-state index contributed by atoms with van der Waals surface area (Å²) in [5.74, 6) is -0.466. The fraction of sp³-hybridized carbons (Fsp3) is 0.562. The molecule has 1 aliphatic rings. The molecule has 21 heavy (non-hydrogen) atoms. The molecule has 1 saturated carbocycles. The zero-order valence-corrected chi connectivity index (χ0v) is 12.4. The van der Waals surface area contributed by atoms with Gasteiger partial charge in [0.15, 0.2) is 0 Å². The van der Waals surface area contributed by atoms with Gasteiger partial charge in [-0.1, -0.05) is 31.5 Å². The lowest BCUT2D eigenvalue weighted by Gasteiger charge is -2.41. The first kappa shape index (κ1) is 15.8. The van der Waals surface area contributed by atoms with Crippen molar-refractivity contribution in [3.8, 4) is 0 Å². The van der Waals surface area contributed by atoms with Crippen LogP contribution >= 0.6 is 0 Å². The van der Waals surface area contributed by atoms with Crippen LogP contribution in [0.2, 0.25) is 0 Å². The van der Waals surface area contributed by atoms with E-state index in [1.807, 2.05) is 0 Å². The standard InChI is InChI=1S/C16H23FN2O2/c1-2-16(8-5-9-16)11-19-15(21)18-10-14(20)12-6-3-4-7-13(12)17/h3-4,6-7,14,20H,2,5,8-11H2,1H3,(H2,18,19,21). The number of carbonyl (C=O) groups is 1. The average molecular weight is 294 g/mol. The molecule has 0 heterocycles. The van der Waals surface area contributed by atoms with Crippen LogP contribution in [0.5, 0.6) is 0 Å². The van der Waals surface area contributed by atoms with Crippen LogP contribution in [0.3, 0.4) is 0 Å². The minimum atomic E-state index is -1.04. The van der Waals surface area contributed by atoms with Crippen LogP contribution in [-0.4, -0.2) is 24.2 Å². The Morgan fingerprint density at radius 3 is 2.67 bits per heavy atom. The fourth-order valence-electron chi connectivity index (χ4n) is 2.71. The van der Waals surface area contributed by atoms with Gasteiger partial charge in [0.2, 0.25) is 0 Å². The average Bonchev–Trinajstić information content (AvgIpc) is 2.44. The van der Waals surface area contributed by atoms with Gasteiger partial charge in [-0.2, -0.15) is 0 Å². The number of amides is 2. The van der Waals surface area contributed by atoms with Crippen LogP contribution < -0.4 is 10.6 Å². The molecule has 0 radical (unpaired) electrons. The van der Waals surface area contributed by atoms with E-state index >= 15 is 0 Å². The van der Waals surface area contributed by atoms with Gasteiger partial charge in [0.1, 0.15) is 5.82 Å². The summed E-state index contributed by atoms with van der Waals surface area (Å²) in [6.07, 6.45) is 3.55. The molecule has 0 spiro atoms. The summed E-state index contributed by atoms with van der Waals surface area (Å²) in [7, 11) is 0. The predicted octanol–water partition coefficient (Wildman–Crippen LogP) is 2.74. The molecule has 1 aromatic carbocycles. The Bertz CT molecular complexity index is 483. The van der Waals surface area contributed by atoms with Crippen molar-refractivity contribution in [1.82, 2.24) is 10.6 Å². The molecule has 0 bridgehead atoms. The van der Waals surface area contributed by atoms with E-state index in [2.05, 4.69) is 17.6 Å². The first-order chi connectivity index (χ1) is 10.1. The molecule has 4 nitrogen and oxygen atoms in total. The minimum absolute atomic E-state index is 0.00804. The Balaban J connectivity index is 1.75. The van der Waals surface area contributed by atoms with E-state index in [-0.39, 0.29) is 23.6 Å². The Hall–Kier alpha value is -1.62. The molecule has 1 unspecified atom stereocenters. The quantitative estimate of drug-likeness (QED) is 0.755. The van der Waals surface area contributed by atoms with Crippen molar-refractivity contribution in [2.45, 2.75) is 38.7 Å². The third-order valence-electron chi connectivity index (χ3n) is 4.51. The fourth-order valence-corrected chi connectivity index (χ4v) is 2.71. The highest BCUT2D eigenvalue weighted by Gasteiger charge is 2.35. The van der Waals surface area contributed by atoms with E-state index in [4.69, 9.17) is 0 Å². The third-order valence-corrected chi connectivity index (χ3v) is 4.51. The molecule has 1 aromatic rings. The number of hydrogen-bond donors (Lipinski definition) is 3. The normalized spacial score (nSPS) is 17.7. The number of aliphatic hydroxyl groups is 1. The molecule has 1 fully saturated rings. The number of halogens is 1. The number of urea groups is 1. The van der Waals surface area contributed by atoms with E-state index in [9.17, 15) is 14.3 Å². The maximum absolute atomic E-state index is 13.5. The monoisotopic (exact) mass is 294 g/mol. The van der Waals surface area contributed by atoms with Crippen LogP contribution in [0.4, 0.5) is 9.18 Å². The summed E-state index contributed by atoms with van der Waals surface area (Å²) in [6, 6.07) is 5.71. The van der Waals surface area contributed by atoms with Crippen LogP contribution in [0.15, 0.2) is 24.3 Å². The van der Waals surface area contributed by atoms with Gasteiger partial charge < -0.3 is 15.7 Å². The molecule has 0 aliphatic heterocycles. The highest BCUT2D eigenvalue weighted by Crippen LogP contribution is 2.42. The molecule has 116 valence electrons. The van der Waals surface area contributed by atoms with Gasteiger partial charge in [-0.05, 0) is 30.7 Å². The van der Waals surface area contributed by atoms with E-state index < -0.39 is 11.9 Å². The summed E-state index contributed by atoms with van der Waals surface area (Å²) < 4.78 is 13.5. The van der Waals surface area contributed by atoms with Gasteiger partial charge in [-0.25, -0.2) is 9.18 Å². The highest BCUT2D eigenvalue weighted by molar-refractivity contribution is 5.73. The molecular weight excluding hydrogens is 271 g/mol. The molecule has 1 aliphatic carbocycles. The molecule has 2 amide bonds. The largest absolute Gasteiger partial charge is 0.386 e. The van der Waals surface area contributed by atoms with Gasteiger partial charge in [-0.3, -0.25) is 0 Å². The number of hydrogen-bond acceptors (Lipinski definition) is 2. The lowest BCUT2D eigenvalue weighted by atomic mass is 9.67. The first-order valence-electron chi connectivity index (χ1n) is 7.50. The van der Waals surface area contributed by atoms with Crippen LogP contribution in [-0.2, 0) is 0 Å². The predicted molar refractivity (Wildman–Crippen MR) is 79.3 cm³/mol. The maximum atomic E-state index is 13.5. The van der Waals surface area contributed by atoms with Gasteiger partial charge >= 0.3 is 6.03 Å². The van der Waals surface area contributed by atoms with E-state index in [0.29, 0.717) is 6.54 Å². The molecule has 1 atom stereocenters. The third kappa shape index (κ3) is 3.94. The second-order valence-electron chi connectivity index (χ2n) is 5.81. The zero-order valence-electron chi connectivity index (χ0n) is 12.4. The van der Waals surface area contributed by atoms with Crippen molar-refractivity contribution in [3.63, 3.8) is 0 Å². The summed E-state index contributed by atoms with van der Waals surface area (Å²) in [6.45, 7) is 2.79. The Kier molecular flexibility index (Phi) is 5.17. The Morgan fingerprint density at radius 2 is 2.10 bits per heavy atom. The molecule has 3 N–H and O–H groups in total. The van der Waals surface area contributed by atoms with Gasteiger partial charge in [-0.15, -0.1) is 0 Å². The molecule has 0 aromatic heterocycles. The van der Waals surface area contributed by atoms with E-state index in [1.54, 1.807) is 12.1 Å². The van der Waals surface area contributed by atoms with Crippen molar-refractivity contribution in [2.75, 3.05) is 13.1 Å². The van der Waals surface area contributed by atoms with Crippen LogP contribution in [0, 0.1) is 11.2 Å². The second kappa shape index (κ2) is 6.89. The smallest absolute Gasteiger partial charge is 0.314 e. The molecule has 2 rings (SSSR count). The van der Waals surface area contributed by atoms with Crippen LogP contribution in [0.1, 0.15) is 44.3 Å². The summed E-state index contributed by atoms with van der Waals surface area (Å²) >= 11 is 0. The number of benzene rings is 1. The molecule has 5 heteroatoms. The van der Waals surface area contributed by atoms with Crippen molar-refractivity contribution in [2.24, 2.45) is 5.41 Å². The lowest BCUT2D eigenvalue weighted by molar-refractivity contribution is 0.124. The van der Waals surface area contributed by atoms with Gasteiger partial charge in [0, 0.05) is 18.7 Å². The van der Waals surface area contributed by atoms with Crippen molar-refractivity contribution in [1.29, 1.82) is 0 Å². The maximum Gasteiger partial charge on any atom is 0.314 e.